The van der Waals surface area contributed by atoms with Crippen LogP contribution < -0.4 is 5.56 Å². The molecule has 0 radical (unpaired) electrons. The third-order valence-electron chi connectivity index (χ3n) is 2.33. The molecule has 2 heterocycles. The van der Waals surface area contributed by atoms with Crippen molar-refractivity contribution in [3.63, 3.8) is 0 Å². The molecule has 0 N–H and O–H groups in total. The standard InChI is InChI=1S/C12H8N2OS2/c1-7-6-16-11(13-7)12-14-10(15)8-4-2-3-5-9(8)17-12/h2-6H,1H3. The van der Waals surface area contributed by atoms with E-state index in [0.717, 1.165) is 15.4 Å². The monoisotopic (exact) mass is 260 g/mol. The molecular formula is C12H8N2OS2. The van der Waals surface area contributed by atoms with Crippen LogP contribution in [-0.2, 0) is 0 Å². The highest BCUT2D eigenvalue weighted by molar-refractivity contribution is 7.24. The summed E-state index contributed by atoms with van der Waals surface area (Å²) in [6.45, 7) is 1.93. The predicted octanol–water partition coefficient (Wildman–Crippen LogP) is 3.09. The summed E-state index contributed by atoms with van der Waals surface area (Å²) in [6, 6.07) is 7.52. The summed E-state index contributed by atoms with van der Waals surface area (Å²) in [6.07, 6.45) is 0. The zero-order valence-corrected chi connectivity index (χ0v) is 10.6. The van der Waals surface area contributed by atoms with Gasteiger partial charge in [-0.1, -0.05) is 12.1 Å². The van der Waals surface area contributed by atoms with Crippen molar-refractivity contribution >= 4 is 32.8 Å². The van der Waals surface area contributed by atoms with Crippen molar-refractivity contribution in [2.75, 3.05) is 0 Å². The number of nitrogens with zero attached hydrogens (tertiary/aromatic N) is 2. The SMILES string of the molecule is Cc1csc(-c2nc(=O)c3ccccc3s2)n1. The number of thiazole rings is 1. The fourth-order valence-corrected chi connectivity index (χ4v) is 3.38. The maximum atomic E-state index is 11.9. The maximum absolute atomic E-state index is 11.9. The fraction of sp³-hybridized carbons (Fsp3) is 0.0833. The summed E-state index contributed by atoms with van der Waals surface area (Å²) < 4.78 is 0.954. The quantitative estimate of drug-likeness (QED) is 0.675. The van der Waals surface area contributed by atoms with Gasteiger partial charge in [-0.2, -0.15) is 4.98 Å². The van der Waals surface area contributed by atoms with Crippen molar-refractivity contribution < 1.29 is 0 Å². The van der Waals surface area contributed by atoms with E-state index < -0.39 is 0 Å². The molecular weight excluding hydrogens is 252 g/mol. The van der Waals surface area contributed by atoms with E-state index in [4.69, 9.17) is 0 Å². The van der Waals surface area contributed by atoms with Gasteiger partial charge in [0, 0.05) is 15.8 Å². The topological polar surface area (TPSA) is 42.9 Å². The maximum Gasteiger partial charge on any atom is 0.279 e. The second kappa shape index (κ2) is 4.01. The number of rotatable bonds is 1. The summed E-state index contributed by atoms with van der Waals surface area (Å²) >= 11 is 3.02. The van der Waals surface area contributed by atoms with Crippen molar-refractivity contribution in [2.45, 2.75) is 6.92 Å². The molecule has 0 atom stereocenters. The average molecular weight is 260 g/mol. The van der Waals surface area contributed by atoms with Crippen molar-refractivity contribution in [3.8, 4) is 10.0 Å². The molecule has 5 heteroatoms. The van der Waals surface area contributed by atoms with Crippen LogP contribution >= 0.6 is 22.7 Å². The summed E-state index contributed by atoms with van der Waals surface area (Å²) in [5, 5.41) is 4.15. The molecule has 0 unspecified atom stereocenters. The van der Waals surface area contributed by atoms with Gasteiger partial charge in [0.25, 0.3) is 5.56 Å². The van der Waals surface area contributed by atoms with Gasteiger partial charge < -0.3 is 0 Å². The van der Waals surface area contributed by atoms with Crippen LogP contribution in [0.5, 0.6) is 0 Å². The highest BCUT2D eigenvalue weighted by Gasteiger charge is 2.08. The third kappa shape index (κ3) is 1.87. The van der Waals surface area contributed by atoms with Crippen LogP contribution in [0.15, 0.2) is 34.4 Å². The molecule has 0 fully saturated rings. The lowest BCUT2D eigenvalue weighted by molar-refractivity contribution is 1.24. The minimum absolute atomic E-state index is 0.179. The van der Waals surface area contributed by atoms with Crippen molar-refractivity contribution in [2.24, 2.45) is 0 Å². The first kappa shape index (κ1) is 10.6. The van der Waals surface area contributed by atoms with Crippen LogP contribution in [0.3, 0.4) is 0 Å². The normalized spacial score (nSPS) is 10.9. The van der Waals surface area contributed by atoms with E-state index in [0.29, 0.717) is 10.4 Å². The molecule has 0 saturated heterocycles. The molecule has 0 bridgehead atoms. The Morgan fingerprint density at radius 1 is 1.12 bits per heavy atom. The van der Waals surface area contributed by atoms with Gasteiger partial charge in [-0.25, -0.2) is 4.98 Å². The Kier molecular flexibility index (Phi) is 2.49. The molecule has 1 aromatic carbocycles. The molecule has 17 heavy (non-hydrogen) atoms. The van der Waals surface area contributed by atoms with Crippen LogP contribution in [0.2, 0.25) is 0 Å². The van der Waals surface area contributed by atoms with E-state index in [9.17, 15) is 4.79 Å². The van der Waals surface area contributed by atoms with Gasteiger partial charge in [0.15, 0.2) is 10.0 Å². The Labute approximate surface area is 105 Å². The van der Waals surface area contributed by atoms with E-state index in [1.54, 1.807) is 6.07 Å². The lowest BCUT2D eigenvalue weighted by atomic mass is 10.3. The Balaban J connectivity index is 2.29. The average Bonchev–Trinajstić information content (AvgIpc) is 2.76. The van der Waals surface area contributed by atoms with Crippen molar-refractivity contribution in [1.82, 2.24) is 9.97 Å². The molecule has 0 saturated carbocycles. The van der Waals surface area contributed by atoms with Crippen LogP contribution in [0.25, 0.3) is 20.1 Å². The van der Waals surface area contributed by atoms with Gasteiger partial charge in [0.1, 0.15) is 0 Å². The Hall–Kier alpha value is -1.59. The summed E-state index contributed by atoms with van der Waals surface area (Å²) in [4.78, 5) is 20.3. The van der Waals surface area contributed by atoms with Gasteiger partial charge in [-0.05, 0) is 19.1 Å². The van der Waals surface area contributed by atoms with Crippen LogP contribution in [0.4, 0.5) is 0 Å². The number of hydrogen-bond donors (Lipinski definition) is 0. The van der Waals surface area contributed by atoms with E-state index in [-0.39, 0.29) is 5.56 Å². The highest BCUT2D eigenvalue weighted by atomic mass is 32.1. The van der Waals surface area contributed by atoms with Gasteiger partial charge in [0.2, 0.25) is 0 Å². The summed E-state index contributed by atoms with van der Waals surface area (Å²) in [7, 11) is 0. The van der Waals surface area contributed by atoms with Crippen LogP contribution in [0.1, 0.15) is 5.69 Å². The smallest absolute Gasteiger partial charge is 0.267 e. The van der Waals surface area contributed by atoms with Crippen LogP contribution in [0, 0.1) is 6.92 Å². The van der Waals surface area contributed by atoms with Crippen molar-refractivity contribution in [3.05, 3.63) is 45.7 Å². The molecule has 0 aliphatic rings. The van der Waals surface area contributed by atoms with Gasteiger partial charge in [0.05, 0.1) is 5.39 Å². The molecule has 0 amide bonds. The second-order valence-electron chi connectivity index (χ2n) is 3.61. The zero-order valence-electron chi connectivity index (χ0n) is 9.01. The number of hydrogen-bond acceptors (Lipinski definition) is 5. The molecule has 3 nitrogen and oxygen atoms in total. The molecule has 3 aromatic rings. The number of benzene rings is 1. The number of aryl methyl sites for hydroxylation is 1. The molecule has 0 spiro atoms. The third-order valence-corrected chi connectivity index (χ3v) is 4.48. The molecule has 0 aliphatic heterocycles. The van der Waals surface area contributed by atoms with Gasteiger partial charge >= 0.3 is 0 Å². The Morgan fingerprint density at radius 3 is 2.71 bits per heavy atom. The molecule has 3 rings (SSSR count). The summed E-state index contributed by atoms with van der Waals surface area (Å²) in [5.74, 6) is 0. The van der Waals surface area contributed by atoms with E-state index >= 15 is 0 Å². The fourth-order valence-electron chi connectivity index (χ4n) is 1.56. The largest absolute Gasteiger partial charge is 0.279 e. The van der Waals surface area contributed by atoms with Gasteiger partial charge in [-0.3, -0.25) is 4.79 Å². The second-order valence-corrected chi connectivity index (χ2v) is 5.50. The first-order valence-electron chi connectivity index (χ1n) is 5.06. The van der Waals surface area contributed by atoms with E-state index in [1.807, 2.05) is 30.5 Å². The lowest BCUT2D eigenvalue weighted by Crippen LogP contribution is -2.05. The Morgan fingerprint density at radius 2 is 1.94 bits per heavy atom. The number of fused-ring (bicyclic) bond motifs is 1. The Bertz CT molecular complexity index is 745. The lowest BCUT2D eigenvalue weighted by Gasteiger charge is -1.97. The van der Waals surface area contributed by atoms with Crippen LogP contribution in [-0.4, -0.2) is 9.97 Å². The van der Waals surface area contributed by atoms with Crippen molar-refractivity contribution in [1.29, 1.82) is 0 Å². The first-order chi connectivity index (χ1) is 8.24. The minimum Gasteiger partial charge on any atom is -0.267 e. The minimum atomic E-state index is -0.179. The summed E-state index contributed by atoms with van der Waals surface area (Å²) in [5.41, 5.74) is 0.779. The number of aromatic nitrogens is 2. The highest BCUT2D eigenvalue weighted by Crippen LogP contribution is 2.27. The predicted molar refractivity (Wildman–Crippen MR) is 71.7 cm³/mol. The molecule has 0 aliphatic carbocycles. The molecule has 2 aromatic heterocycles. The van der Waals surface area contributed by atoms with Gasteiger partial charge in [-0.15, -0.1) is 22.7 Å². The van der Waals surface area contributed by atoms with E-state index in [1.165, 1.54) is 22.7 Å². The van der Waals surface area contributed by atoms with E-state index in [2.05, 4.69) is 9.97 Å². The first-order valence-corrected chi connectivity index (χ1v) is 6.76. The zero-order chi connectivity index (χ0) is 11.8. The molecule has 84 valence electrons.